The molecule has 0 aromatic heterocycles. The summed E-state index contributed by atoms with van der Waals surface area (Å²) in [4.78, 5) is 15.7. The lowest BCUT2D eigenvalue weighted by atomic mass is 9.82. The number of quaternary nitrogens is 1. The lowest BCUT2D eigenvalue weighted by Crippen LogP contribution is -3.00. The molecule has 0 saturated carbocycles. The van der Waals surface area contributed by atoms with Crippen molar-refractivity contribution in [3.8, 4) is 5.75 Å². The van der Waals surface area contributed by atoms with Gasteiger partial charge >= 0.3 is 0 Å². The molecular weight excluding hydrogens is 571 g/mol. The number of halogens is 3. The van der Waals surface area contributed by atoms with Crippen molar-refractivity contribution in [2.75, 3.05) is 32.7 Å². The van der Waals surface area contributed by atoms with E-state index in [-0.39, 0.29) is 36.1 Å². The molecule has 4 fully saturated rings. The van der Waals surface area contributed by atoms with Crippen LogP contribution in [0.1, 0.15) is 64.0 Å². The molecule has 4 saturated heterocycles. The Hall–Kier alpha value is -1.54. The lowest BCUT2D eigenvalue weighted by molar-refractivity contribution is -0.987. The number of likely N-dealkylation sites (tertiary alicyclic amines) is 1. The molecule has 2 bridgehead atoms. The van der Waals surface area contributed by atoms with Crippen LogP contribution in [0.5, 0.6) is 5.75 Å². The molecule has 1 amide bonds. The number of nitrogens with zero attached hydrogens (tertiary/aromatic N) is 2. The van der Waals surface area contributed by atoms with Gasteiger partial charge in [-0.15, -0.1) is 0 Å². The second-order valence-corrected chi connectivity index (χ2v) is 12.6. The average Bonchev–Trinajstić information content (AvgIpc) is 2.91. The van der Waals surface area contributed by atoms with Crippen molar-refractivity contribution >= 4 is 29.1 Å². The van der Waals surface area contributed by atoms with E-state index in [0.717, 1.165) is 59.6 Å². The molecule has 6 nitrogen and oxygen atoms in total. The van der Waals surface area contributed by atoms with Crippen molar-refractivity contribution in [2.45, 2.75) is 77.2 Å². The smallest absolute Gasteiger partial charge is 0.227 e. The minimum Gasteiger partial charge on any atom is -1.00 e. The highest BCUT2D eigenvalue weighted by Crippen LogP contribution is 2.45. The number of fused-ring (bicyclic) bond motifs is 3. The second-order valence-electron chi connectivity index (χ2n) is 11.8. The first kappa shape index (κ1) is 33.0. The third-order valence-electron chi connectivity index (χ3n) is 8.98. The number of ether oxygens (including phenoxy) is 2. The third kappa shape index (κ3) is 6.91. The van der Waals surface area contributed by atoms with E-state index >= 15 is 0 Å². The van der Waals surface area contributed by atoms with Crippen LogP contribution in [0.15, 0.2) is 42.5 Å². The zero-order valence-corrected chi connectivity index (χ0v) is 26.1. The molecule has 2 atom stereocenters. The number of carbonyl (C=O) groups excluding carboxylic acids is 1. The van der Waals surface area contributed by atoms with Crippen LogP contribution in [0.3, 0.4) is 0 Å². The molecule has 222 valence electrons. The first-order valence-corrected chi connectivity index (χ1v) is 15.0. The van der Waals surface area contributed by atoms with Crippen LogP contribution in [0.25, 0.3) is 0 Å². The van der Waals surface area contributed by atoms with E-state index in [1.165, 1.54) is 25.9 Å². The Morgan fingerprint density at radius 2 is 1.88 bits per heavy atom. The van der Waals surface area contributed by atoms with Gasteiger partial charge in [0.1, 0.15) is 11.4 Å². The van der Waals surface area contributed by atoms with Crippen LogP contribution in [-0.2, 0) is 21.6 Å². The highest BCUT2D eigenvalue weighted by molar-refractivity contribution is 6.42. The number of hydrogen-bond acceptors (Lipinski definition) is 3. The molecule has 2 aromatic carbocycles. The molecule has 4 heterocycles. The van der Waals surface area contributed by atoms with Crippen LogP contribution in [0.2, 0.25) is 10.0 Å². The molecular formula is C31H43Cl3N2O4. The predicted octanol–water partition coefficient (Wildman–Crippen LogP) is 3.01. The Morgan fingerprint density at radius 3 is 2.55 bits per heavy atom. The Balaban J connectivity index is 0.00000220. The number of hydrogen-bond donors (Lipinski definition) is 0. The van der Waals surface area contributed by atoms with Gasteiger partial charge in [0.15, 0.2) is 6.23 Å². The van der Waals surface area contributed by atoms with Crippen molar-refractivity contribution in [2.24, 2.45) is 5.92 Å². The van der Waals surface area contributed by atoms with Crippen molar-refractivity contribution in [1.82, 2.24) is 4.90 Å². The second kappa shape index (κ2) is 13.6. The van der Waals surface area contributed by atoms with Crippen LogP contribution in [0.4, 0.5) is 0 Å². The first-order chi connectivity index (χ1) is 18.2. The van der Waals surface area contributed by atoms with Gasteiger partial charge in [0.05, 0.1) is 48.7 Å². The molecule has 2 unspecified atom stereocenters. The van der Waals surface area contributed by atoms with E-state index in [1.54, 1.807) is 0 Å². The summed E-state index contributed by atoms with van der Waals surface area (Å²) in [6.45, 7) is 11.0. The zero-order valence-electron chi connectivity index (χ0n) is 23.8. The van der Waals surface area contributed by atoms with Crippen LogP contribution < -0.4 is 17.1 Å². The van der Waals surface area contributed by atoms with Gasteiger partial charge in [-0.25, -0.2) is 0 Å². The van der Waals surface area contributed by atoms with E-state index in [9.17, 15) is 4.79 Å². The average molecular weight is 614 g/mol. The maximum Gasteiger partial charge on any atom is 0.227 e. The number of amides is 1. The fraction of sp³-hybridized carbons (Fsp3) is 0.581. The summed E-state index contributed by atoms with van der Waals surface area (Å²) in [6.07, 6.45) is 5.98. The van der Waals surface area contributed by atoms with Gasteiger partial charge in [-0.05, 0) is 74.9 Å². The monoisotopic (exact) mass is 612 g/mol. The summed E-state index contributed by atoms with van der Waals surface area (Å²) >= 11 is 12.8. The summed E-state index contributed by atoms with van der Waals surface area (Å²) in [5.74, 6) is 1.65. The van der Waals surface area contributed by atoms with Gasteiger partial charge in [-0.1, -0.05) is 41.4 Å². The summed E-state index contributed by atoms with van der Waals surface area (Å²) in [5, 5.41) is 1.07. The SMILES string of the molecule is CC[N+]12CCC(CC1)CC2OC1(c2ccc(Cl)c(Cl)c2)CCCN(C(=O)Cc2cccc(OC(C)C)c2)C1.O.[Cl-]. The highest BCUT2D eigenvalue weighted by atomic mass is 35.5. The number of carbonyl (C=O) groups is 1. The van der Waals surface area contributed by atoms with Crippen LogP contribution >= 0.6 is 23.2 Å². The molecule has 0 spiro atoms. The predicted molar refractivity (Wildman–Crippen MR) is 156 cm³/mol. The third-order valence-corrected chi connectivity index (χ3v) is 9.72. The molecule has 2 N–H and O–H groups in total. The van der Waals surface area contributed by atoms with Gasteiger partial charge in [-0.3, -0.25) is 9.28 Å². The quantitative estimate of drug-likeness (QED) is 0.430. The van der Waals surface area contributed by atoms with Crippen molar-refractivity contribution in [1.29, 1.82) is 0 Å². The van der Waals surface area contributed by atoms with Crippen LogP contribution in [0, 0.1) is 5.92 Å². The number of piperidine rings is 4. The number of rotatable bonds is 8. The minimum absolute atomic E-state index is 0. The molecule has 40 heavy (non-hydrogen) atoms. The fourth-order valence-corrected chi connectivity index (χ4v) is 7.11. The van der Waals surface area contributed by atoms with E-state index < -0.39 is 5.60 Å². The summed E-state index contributed by atoms with van der Waals surface area (Å²) in [5.41, 5.74) is 1.38. The largest absolute Gasteiger partial charge is 1.00 e. The molecule has 0 radical (unpaired) electrons. The van der Waals surface area contributed by atoms with E-state index in [0.29, 0.717) is 23.0 Å². The normalized spacial score (nSPS) is 27.6. The zero-order chi connectivity index (χ0) is 26.9. The molecule has 4 aliphatic rings. The van der Waals surface area contributed by atoms with Gasteiger partial charge in [0.2, 0.25) is 5.91 Å². The van der Waals surface area contributed by atoms with E-state index in [2.05, 4.69) is 6.92 Å². The Labute approximate surface area is 255 Å². The lowest BCUT2D eigenvalue weighted by Gasteiger charge is -2.56. The van der Waals surface area contributed by atoms with Crippen LogP contribution in [-0.4, -0.2) is 65.8 Å². The highest BCUT2D eigenvalue weighted by Gasteiger charge is 2.52. The topological polar surface area (TPSA) is 70.3 Å². The van der Waals surface area contributed by atoms with Crippen molar-refractivity contribution in [3.05, 3.63) is 63.6 Å². The standard InChI is InChI=1S/C31H41Cl2N2O3.ClH.H2O/c1-4-35-15-11-23(12-16-35)19-30(35)38-31(25-9-10-27(32)28(33)20-25)13-6-14-34(21-31)29(36)18-24-7-5-8-26(17-24)37-22(2)3;;/h5,7-10,17,20,22-23,30H,4,6,11-16,18-19,21H2,1-3H3;1H;1H2/q+1;;/p-1. The Morgan fingerprint density at radius 1 is 1.12 bits per heavy atom. The fourth-order valence-electron chi connectivity index (χ4n) is 6.81. The molecule has 4 aliphatic heterocycles. The Bertz CT molecular complexity index is 1160. The van der Waals surface area contributed by atoms with Crippen molar-refractivity contribution < 1.29 is 36.6 Å². The number of benzene rings is 2. The first-order valence-electron chi connectivity index (χ1n) is 14.2. The van der Waals surface area contributed by atoms with Gasteiger partial charge in [-0.2, -0.15) is 0 Å². The molecule has 6 rings (SSSR count). The van der Waals surface area contributed by atoms with Gasteiger partial charge in [0.25, 0.3) is 0 Å². The van der Waals surface area contributed by atoms with Gasteiger partial charge < -0.3 is 32.3 Å². The Kier molecular flexibility index (Phi) is 11.2. The minimum atomic E-state index is -0.604. The molecule has 9 heteroatoms. The van der Waals surface area contributed by atoms with E-state index in [4.69, 9.17) is 32.7 Å². The summed E-state index contributed by atoms with van der Waals surface area (Å²) in [6, 6.07) is 13.7. The van der Waals surface area contributed by atoms with Gasteiger partial charge in [0, 0.05) is 25.8 Å². The maximum absolute atomic E-state index is 13.7. The maximum atomic E-state index is 13.7. The molecule has 2 aromatic rings. The van der Waals surface area contributed by atoms with E-state index in [1.807, 2.05) is 61.2 Å². The summed E-state index contributed by atoms with van der Waals surface area (Å²) in [7, 11) is 0. The molecule has 0 aliphatic carbocycles. The summed E-state index contributed by atoms with van der Waals surface area (Å²) < 4.78 is 14.2. The van der Waals surface area contributed by atoms with Crippen molar-refractivity contribution in [3.63, 3.8) is 0 Å².